The van der Waals surface area contributed by atoms with Crippen LogP contribution in [0.2, 0.25) is 0 Å². The highest BCUT2D eigenvalue weighted by Gasteiger charge is 2.07. The van der Waals surface area contributed by atoms with Gasteiger partial charge in [-0.25, -0.2) is 0 Å². The van der Waals surface area contributed by atoms with Crippen molar-refractivity contribution in [1.29, 1.82) is 0 Å². The summed E-state index contributed by atoms with van der Waals surface area (Å²) in [5.74, 6) is 0. The van der Waals surface area contributed by atoms with Crippen molar-refractivity contribution in [2.45, 2.75) is 58.5 Å². The van der Waals surface area contributed by atoms with Crippen LogP contribution in [0.4, 0.5) is 0 Å². The van der Waals surface area contributed by atoms with E-state index >= 15 is 0 Å². The van der Waals surface area contributed by atoms with Gasteiger partial charge >= 0.3 is 0 Å². The summed E-state index contributed by atoms with van der Waals surface area (Å²) < 4.78 is 21.8. The van der Waals surface area contributed by atoms with Gasteiger partial charge in [-0.15, -0.1) is 0 Å². The molecule has 5 heteroatoms. The summed E-state index contributed by atoms with van der Waals surface area (Å²) in [5, 5.41) is 8.52. The van der Waals surface area contributed by atoms with Gasteiger partial charge in [0.05, 0.1) is 59.0 Å². The van der Waals surface area contributed by atoms with Gasteiger partial charge in [0.15, 0.2) is 0 Å². The minimum atomic E-state index is 0.0561. The molecule has 0 bridgehead atoms. The molecule has 5 nitrogen and oxygen atoms in total. The van der Waals surface area contributed by atoms with Gasteiger partial charge < -0.3 is 24.1 Å². The Labute approximate surface area is 136 Å². The van der Waals surface area contributed by atoms with Gasteiger partial charge in [0, 0.05) is 0 Å². The highest BCUT2D eigenvalue weighted by Crippen LogP contribution is 2.11. The maximum absolute atomic E-state index is 8.52. The molecule has 0 radical (unpaired) electrons. The standard InChI is InChI=1S/C17H36O5/c1-3-5-6-8-17(7-4-2)22-16-15-21-14-13-20-12-11-19-10-9-18/h17-18H,3-16H2,1-2H3. The smallest absolute Gasteiger partial charge is 0.0704 e. The lowest BCUT2D eigenvalue weighted by molar-refractivity contribution is -0.0242. The Hall–Kier alpha value is -0.200. The van der Waals surface area contributed by atoms with E-state index in [9.17, 15) is 0 Å². The van der Waals surface area contributed by atoms with Crippen molar-refractivity contribution in [3.63, 3.8) is 0 Å². The Morgan fingerprint density at radius 2 is 1.27 bits per heavy atom. The highest BCUT2D eigenvalue weighted by molar-refractivity contribution is 4.57. The third-order valence-electron chi connectivity index (χ3n) is 3.30. The molecule has 0 spiro atoms. The van der Waals surface area contributed by atoms with E-state index in [2.05, 4.69) is 13.8 Å². The maximum atomic E-state index is 8.52. The second-order valence-corrected chi connectivity index (χ2v) is 5.34. The lowest BCUT2D eigenvalue weighted by Gasteiger charge is -2.17. The predicted molar refractivity (Wildman–Crippen MR) is 88.3 cm³/mol. The van der Waals surface area contributed by atoms with Gasteiger partial charge in [0.1, 0.15) is 0 Å². The largest absolute Gasteiger partial charge is 0.394 e. The fourth-order valence-corrected chi connectivity index (χ4v) is 2.14. The van der Waals surface area contributed by atoms with Crippen LogP contribution in [0.15, 0.2) is 0 Å². The van der Waals surface area contributed by atoms with Crippen molar-refractivity contribution in [2.75, 3.05) is 52.9 Å². The Kier molecular flexibility index (Phi) is 18.7. The van der Waals surface area contributed by atoms with E-state index < -0.39 is 0 Å². The van der Waals surface area contributed by atoms with Gasteiger partial charge in [0.2, 0.25) is 0 Å². The molecule has 0 saturated carbocycles. The summed E-state index contributed by atoms with van der Waals surface area (Å²) in [6.07, 6.45) is 7.67. The van der Waals surface area contributed by atoms with Crippen LogP contribution in [0.5, 0.6) is 0 Å². The van der Waals surface area contributed by atoms with E-state index in [4.69, 9.17) is 24.1 Å². The van der Waals surface area contributed by atoms with Crippen LogP contribution >= 0.6 is 0 Å². The van der Waals surface area contributed by atoms with Crippen molar-refractivity contribution in [3.8, 4) is 0 Å². The summed E-state index contributed by atoms with van der Waals surface area (Å²) in [5.41, 5.74) is 0. The number of aliphatic hydroxyl groups excluding tert-OH is 1. The average molecular weight is 320 g/mol. The number of hydrogen-bond acceptors (Lipinski definition) is 5. The van der Waals surface area contributed by atoms with Crippen LogP contribution in [-0.4, -0.2) is 64.1 Å². The Balaban J connectivity index is 3.30. The lowest BCUT2D eigenvalue weighted by Crippen LogP contribution is -2.17. The van der Waals surface area contributed by atoms with Gasteiger partial charge in [-0.3, -0.25) is 0 Å². The summed E-state index contributed by atoms with van der Waals surface area (Å²) >= 11 is 0. The zero-order chi connectivity index (χ0) is 16.3. The Bertz CT molecular complexity index is 201. The Morgan fingerprint density at radius 1 is 0.682 bits per heavy atom. The second-order valence-electron chi connectivity index (χ2n) is 5.34. The molecular weight excluding hydrogens is 284 g/mol. The monoisotopic (exact) mass is 320 g/mol. The molecular formula is C17H36O5. The molecule has 0 aliphatic heterocycles. The number of rotatable bonds is 18. The van der Waals surface area contributed by atoms with E-state index in [0.717, 1.165) is 6.42 Å². The fraction of sp³-hybridized carbons (Fsp3) is 1.00. The molecule has 1 N–H and O–H groups in total. The molecule has 0 aromatic rings. The van der Waals surface area contributed by atoms with Crippen molar-refractivity contribution in [3.05, 3.63) is 0 Å². The van der Waals surface area contributed by atoms with Gasteiger partial charge in [-0.05, 0) is 12.8 Å². The summed E-state index contributed by atoms with van der Waals surface area (Å²) in [7, 11) is 0. The van der Waals surface area contributed by atoms with Gasteiger partial charge in [0.25, 0.3) is 0 Å². The molecule has 0 heterocycles. The molecule has 0 aromatic carbocycles. The molecule has 0 fully saturated rings. The van der Waals surface area contributed by atoms with Crippen LogP contribution in [0, 0.1) is 0 Å². The second kappa shape index (κ2) is 18.8. The van der Waals surface area contributed by atoms with E-state index in [0.29, 0.717) is 52.4 Å². The molecule has 0 saturated heterocycles. The topological polar surface area (TPSA) is 57.2 Å². The summed E-state index contributed by atoms with van der Waals surface area (Å²) in [4.78, 5) is 0. The first-order chi connectivity index (χ1) is 10.8. The van der Waals surface area contributed by atoms with Crippen LogP contribution in [0.1, 0.15) is 52.4 Å². The molecule has 0 aliphatic carbocycles. The first-order valence-electron chi connectivity index (χ1n) is 8.80. The Morgan fingerprint density at radius 3 is 1.82 bits per heavy atom. The van der Waals surface area contributed by atoms with Crippen LogP contribution in [0.3, 0.4) is 0 Å². The summed E-state index contributed by atoms with van der Waals surface area (Å²) in [6.45, 7) is 8.34. The van der Waals surface area contributed by atoms with Gasteiger partial charge in [-0.2, -0.15) is 0 Å². The number of unbranched alkanes of at least 4 members (excludes halogenated alkanes) is 2. The molecule has 0 aliphatic rings. The SMILES string of the molecule is CCCCCC(CCC)OCCOCCOCCOCCO. The molecule has 0 amide bonds. The van der Waals surface area contributed by atoms with Crippen molar-refractivity contribution in [2.24, 2.45) is 0 Å². The van der Waals surface area contributed by atoms with Crippen LogP contribution < -0.4 is 0 Å². The molecule has 22 heavy (non-hydrogen) atoms. The van der Waals surface area contributed by atoms with E-state index in [1.807, 2.05) is 0 Å². The highest BCUT2D eigenvalue weighted by atomic mass is 16.6. The quantitative estimate of drug-likeness (QED) is 0.394. The number of ether oxygens (including phenoxy) is 4. The number of aliphatic hydroxyl groups is 1. The minimum absolute atomic E-state index is 0.0561. The zero-order valence-electron chi connectivity index (χ0n) is 14.6. The van der Waals surface area contributed by atoms with Crippen molar-refractivity contribution in [1.82, 2.24) is 0 Å². The predicted octanol–water partition coefficient (Wildman–Crippen LogP) is 2.79. The molecule has 0 rings (SSSR count). The molecule has 1 unspecified atom stereocenters. The van der Waals surface area contributed by atoms with Gasteiger partial charge in [-0.1, -0.05) is 39.5 Å². The van der Waals surface area contributed by atoms with Crippen LogP contribution in [-0.2, 0) is 18.9 Å². The summed E-state index contributed by atoms with van der Waals surface area (Å²) in [6, 6.07) is 0. The number of hydrogen-bond donors (Lipinski definition) is 1. The van der Waals surface area contributed by atoms with Crippen molar-refractivity contribution < 1.29 is 24.1 Å². The van der Waals surface area contributed by atoms with Crippen molar-refractivity contribution >= 4 is 0 Å². The van der Waals surface area contributed by atoms with E-state index in [1.165, 1.54) is 32.1 Å². The zero-order valence-corrected chi connectivity index (χ0v) is 14.6. The average Bonchev–Trinajstić information content (AvgIpc) is 2.52. The molecule has 134 valence electrons. The normalized spacial score (nSPS) is 12.7. The third kappa shape index (κ3) is 16.2. The molecule has 0 aromatic heterocycles. The minimum Gasteiger partial charge on any atom is -0.394 e. The first-order valence-corrected chi connectivity index (χ1v) is 8.80. The maximum Gasteiger partial charge on any atom is 0.0704 e. The lowest BCUT2D eigenvalue weighted by atomic mass is 10.1. The molecule has 1 atom stereocenters. The van der Waals surface area contributed by atoms with E-state index in [1.54, 1.807) is 0 Å². The van der Waals surface area contributed by atoms with Crippen LogP contribution in [0.25, 0.3) is 0 Å². The van der Waals surface area contributed by atoms with E-state index in [-0.39, 0.29) is 6.61 Å². The third-order valence-corrected chi connectivity index (χ3v) is 3.30. The fourth-order valence-electron chi connectivity index (χ4n) is 2.14. The first kappa shape index (κ1) is 21.8.